The van der Waals surface area contributed by atoms with Crippen molar-refractivity contribution in [3.63, 3.8) is 0 Å². The lowest BCUT2D eigenvalue weighted by Gasteiger charge is -2.09. The predicted molar refractivity (Wildman–Crippen MR) is 93.2 cm³/mol. The molecule has 10 heteroatoms. The lowest BCUT2D eigenvalue weighted by Crippen LogP contribution is -2.26. The van der Waals surface area contributed by atoms with Crippen LogP contribution < -0.4 is 9.86 Å². The van der Waals surface area contributed by atoms with Crippen molar-refractivity contribution < 1.29 is 16.8 Å². The molecule has 0 saturated heterocycles. The van der Waals surface area contributed by atoms with Gasteiger partial charge in [0.1, 0.15) is 4.90 Å². The summed E-state index contributed by atoms with van der Waals surface area (Å²) in [6.45, 7) is 0.111. The molecule has 3 N–H and O–H groups in total. The van der Waals surface area contributed by atoms with Crippen LogP contribution in [0, 0.1) is 0 Å². The zero-order chi connectivity index (χ0) is 18.0. The van der Waals surface area contributed by atoms with E-state index in [9.17, 15) is 16.8 Å². The van der Waals surface area contributed by atoms with Crippen molar-refractivity contribution in [2.45, 2.75) is 16.2 Å². The van der Waals surface area contributed by atoms with Crippen molar-refractivity contribution in [3.8, 4) is 0 Å². The van der Waals surface area contributed by atoms with Gasteiger partial charge in [-0.05, 0) is 36.2 Å². The molecule has 2 aromatic rings. The van der Waals surface area contributed by atoms with Crippen LogP contribution in [0.1, 0.15) is 5.56 Å². The number of primary sulfonamides is 1. The first-order chi connectivity index (χ1) is 11.1. The molecule has 24 heavy (non-hydrogen) atoms. The molecule has 0 aliphatic carbocycles. The molecule has 0 aliphatic heterocycles. The van der Waals surface area contributed by atoms with Gasteiger partial charge < -0.3 is 0 Å². The van der Waals surface area contributed by atoms with Crippen molar-refractivity contribution >= 4 is 43.2 Å². The topological polar surface area (TPSA) is 106 Å². The molecule has 0 saturated carbocycles. The Morgan fingerprint density at radius 1 is 0.958 bits per heavy atom. The first-order valence-corrected chi connectivity index (χ1v) is 10.5. The summed E-state index contributed by atoms with van der Waals surface area (Å²) in [7, 11) is -7.54. The summed E-state index contributed by atoms with van der Waals surface area (Å²) in [5.74, 6) is 0. The van der Waals surface area contributed by atoms with E-state index in [4.69, 9.17) is 28.3 Å². The molecule has 0 aromatic heterocycles. The maximum atomic E-state index is 12.2. The third-order valence-corrected chi connectivity index (χ3v) is 6.53. The van der Waals surface area contributed by atoms with Crippen LogP contribution in [-0.2, 0) is 26.5 Å². The Kier molecular flexibility index (Phi) is 5.90. The van der Waals surface area contributed by atoms with Crippen LogP contribution in [-0.4, -0.2) is 23.4 Å². The molecule has 0 amide bonds. The van der Waals surface area contributed by atoms with Gasteiger partial charge in [0.25, 0.3) is 0 Å². The number of hydrogen-bond donors (Lipinski definition) is 2. The highest BCUT2D eigenvalue weighted by atomic mass is 35.5. The minimum atomic E-state index is -3.80. The van der Waals surface area contributed by atoms with E-state index in [1.165, 1.54) is 30.3 Å². The van der Waals surface area contributed by atoms with E-state index in [0.29, 0.717) is 6.42 Å². The molecule has 130 valence electrons. The smallest absolute Gasteiger partial charge is 0.225 e. The molecule has 0 atom stereocenters. The summed E-state index contributed by atoms with van der Waals surface area (Å²) in [6, 6.07) is 10.2. The average molecular weight is 409 g/mol. The summed E-state index contributed by atoms with van der Waals surface area (Å²) >= 11 is 11.7. The van der Waals surface area contributed by atoms with Crippen LogP contribution in [0.3, 0.4) is 0 Å². The summed E-state index contributed by atoms with van der Waals surface area (Å²) in [6.07, 6.45) is 0.363. The molecular weight excluding hydrogens is 395 g/mol. The van der Waals surface area contributed by atoms with Gasteiger partial charge >= 0.3 is 0 Å². The molecule has 0 spiro atoms. The number of rotatable bonds is 6. The molecule has 2 rings (SSSR count). The normalized spacial score (nSPS) is 12.3. The van der Waals surface area contributed by atoms with E-state index in [0.717, 1.165) is 5.56 Å². The van der Waals surface area contributed by atoms with Crippen LogP contribution in [0.4, 0.5) is 0 Å². The average Bonchev–Trinajstić information content (AvgIpc) is 2.49. The lowest BCUT2D eigenvalue weighted by molar-refractivity contribution is 0.581. The highest BCUT2D eigenvalue weighted by Crippen LogP contribution is 2.28. The van der Waals surface area contributed by atoms with Gasteiger partial charge in [-0.1, -0.05) is 41.4 Å². The van der Waals surface area contributed by atoms with Gasteiger partial charge in [-0.25, -0.2) is 26.7 Å². The fourth-order valence-electron chi connectivity index (χ4n) is 1.94. The number of sulfonamides is 2. The number of hydrogen-bond acceptors (Lipinski definition) is 4. The van der Waals surface area contributed by atoms with Crippen LogP contribution in [0.25, 0.3) is 0 Å². The minimum absolute atomic E-state index is 0.00228. The summed E-state index contributed by atoms with van der Waals surface area (Å²) in [5.41, 5.74) is 0.752. The van der Waals surface area contributed by atoms with Gasteiger partial charge in [-0.15, -0.1) is 0 Å². The Labute approximate surface area is 150 Å². The molecule has 2 aromatic carbocycles. The van der Waals surface area contributed by atoms with E-state index in [1.807, 2.05) is 0 Å². The van der Waals surface area contributed by atoms with Crippen molar-refractivity contribution in [1.82, 2.24) is 4.72 Å². The Bertz CT molecular complexity index is 943. The minimum Gasteiger partial charge on any atom is -0.225 e. The van der Waals surface area contributed by atoms with Gasteiger partial charge in [-0.3, -0.25) is 0 Å². The second-order valence-electron chi connectivity index (χ2n) is 4.89. The van der Waals surface area contributed by atoms with Gasteiger partial charge in [-0.2, -0.15) is 0 Å². The van der Waals surface area contributed by atoms with Gasteiger partial charge in [0.05, 0.1) is 14.9 Å². The quantitative estimate of drug-likeness (QED) is 0.763. The van der Waals surface area contributed by atoms with Crippen LogP contribution in [0.15, 0.2) is 52.3 Å². The van der Waals surface area contributed by atoms with Crippen LogP contribution >= 0.6 is 23.2 Å². The molecular formula is C14H14Cl2N2O4S2. The number of benzene rings is 2. The Balaban J connectivity index is 2.04. The predicted octanol–water partition coefficient (Wildman–Crippen LogP) is 2.16. The first kappa shape index (κ1) is 19.2. The van der Waals surface area contributed by atoms with Crippen molar-refractivity contribution in [2.24, 2.45) is 5.14 Å². The number of nitrogens with one attached hydrogen (secondary N) is 1. The lowest BCUT2D eigenvalue weighted by atomic mass is 10.2. The fourth-order valence-corrected chi connectivity index (χ4v) is 4.25. The summed E-state index contributed by atoms with van der Waals surface area (Å²) < 4.78 is 49.2. The third-order valence-electron chi connectivity index (χ3n) is 3.16. The van der Waals surface area contributed by atoms with Gasteiger partial charge in [0.15, 0.2) is 0 Å². The fraction of sp³-hybridized carbons (Fsp3) is 0.143. The van der Waals surface area contributed by atoms with Gasteiger partial charge in [0, 0.05) is 6.54 Å². The molecule has 0 bridgehead atoms. The van der Waals surface area contributed by atoms with Gasteiger partial charge in [0.2, 0.25) is 20.0 Å². The second-order valence-corrected chi connectivity index (χ2v) is 8.97. The van der Waals surface area contributed by atoms with E-state index in [2.05, 4.69) is 4.72 Å². The largest absolute Gasteiger partial charge is 0.242 e. The van der Waals surface area contributed by atoms with Crippen molar-refractivity contribution in [3.05, 3.63) is 58.1 Å². The first-order valence-electron chi connectivity index (χ1n) is 6.67. The van der Waals surface area contributed by atoms with Crippen LogP contribution in [0.5, 0.6) is 0 Å². The zero-order valence-corrected chi connectivity index (χ0v) is 15.4. The van der Waals surface area contributed by atoms with E-state index in [-0.39, 0.29) is 26.4 Å². The molecule has 0 unspecified atom stereocenters. The summed E-state index contributed by atoms with van der Waals surface area (Å²) in [5, 5.41) is 5.13. The Morgan fingerprint density at radius 3 is 2.17 bits per heavy atom. The molecule has 0 heterocycles. The standard InChI is InChI=1S/C14H14Cl2N2O4S2/c15-12-2-1-3-13(14(12)16)24(21,22)18-9-8-10-4-6-11(7-5-10)23(17,19)20/h1-7,18H,8-9H2,(H2,17,19,20). The molecule has 0 aliphatic rings. The molecule has 6 nitrogen and oxygen atoms in total. The maximum Gasteiger partial charge on any atom is 0.242 e. The zero-order valence-electron chi connectivity index (χ0n) is 12.2. The highest BCUT2D eigenvalue weighted by molar-refractivity contribution is 7.89. The summed E-state index contributed by atoms with van der Waals surface area (Å²) in [4.78, 5) is -0.0984. The molecule has 0 radical (unpaired) electrons. The molecule has 0 fully saturated rings. The highest BCUT2D eigenvalue weighted by Gasteiger charge is 2.18. The van der Waals surface area contributed by atoms with Crippen molar-refractivity contribution in [2.75, 3.05) is 6.54 Å². The van der Waals surface area contributed by atoms with E-state index < -0.39 is 20.0 Å². The Hall–Kier alpha value is -1.16. The van der Waals surface area contributed by atoms with Crippen molar-refractivity contribution in [1.29, 1.82) is 0 Å². The third kappa shape index (κ3) is 4.69. The SMILES string of the molecule is NS(=O)(=O)c1ccc(CCNS(=O)(=O)c2cccc(Cl)c2Cl)cc1. The second kappa shape index (κ2) is 7.38. The maximum absolute atomic E-state index is 12.2. The number of halogens is 2. The number of nitrogens with two attached hydrogens (primary N) is 1. The van der Waals surface area contributed by atoms with E-state index >= 15 is 0 Å². The van der Waals surface area contributed by atoms with Crippen LogP contribution in [0.2, 0.25) is 10.0 Å². The monoisotopic (exact) mass is 408 g/mol. The Morgan fingerprint density at radius 2 is 1.58 bits per heavy atom. The van der Waals surface area contributed by atoms with E-state index in [1.54, 1.807) is 12.1 Å².